The Kier molecular flexibility index (Phi) is 0.997. The largest absolute Gasteiger partial charge is 0.394 e. The maximum Gasteiger partial charge on any atom is 0.384 e. The van der Waals surface area contributed by atoms with Crippen LogP contribution in [0.5, 0.6) is 0 Å². The Labute approximate surface area is 79.0 Å². The molecule has 4 saturated heterocycles. The fourth-order valence-electron chi connectivity index (χ4n) is 2.78. The molecule has 0 aromatic heterocycles. The Morgan fingerprint density at radius 2 is 1.86 bits per heavy atom. The first-order valence-corrected chi connectivity index (χ1v) is 4.70. The molecule has 7 atom stereocenters. The Bertz CT molecular complexity index is 304. The highest BCUT2D eigenvalue weighted by Gasteiger charge is 3.34. The summed E-state index contributed by atoms with van der Waals surface area (Å²) in [5.74, 6) is -1.71. The third-order valence-corrected chi connectivity index (χ3v) is 3.93. The number of rotatable bonds is 2. The minimum absolute atomic E-state index is 0.270. The summed E-state index contributed by atoms with van der Waals surface area (Å²) in [6.07, 6.45) is -2.92. The van der Waals surface area contributed by atoms with Gasteiger partial charge in [0.15, 0.2) is 0 Å². The van der Waals surface area contributed by atoms with Gasteiger partial charge in [0, 0.05) is 0 Å². The molecule has 5 rings (SSSR count). The van der Waals surface area contributed by atoms with Crippen LogP contribution in [-0.4, -0.2) is 68.9 Å². The summed E-state index contributed by atoms with van der Waals surface area (Å²) in [5.41, 5.74) is -0.489. The Balaban J connectivity index is 1.67. The molecule has 1 unspecified atom stereocenters. The second-order valence-corrected chi connectivity index (χ2v) is 4.48. The van der Waals surface area contributed by atoms with Gasteiger partial charge in [0.05, 0.1) is 6.61 Å². The molecule has 6 heteroatoms. The topological polar surface area (TPSA) is 92.9 Å². The van der Waals surface area contributed by atoms with E-state index in [0.717, 1.165) is 0 Å². The minimum atomic E-state index is -1.71. The van der Waals surface area contributed by atoms with Crippen molar-refractivity contribution < 1.29 is 29.5 Å². The van der Waals surface area contributed by atoms with Gasteiger partial charge < -0.3 is 29.5 Å². The lowest BCUT2D eigenvalue weighted by Crippen LogP contribution is -2.49. The molecule has 0 bridgehead atoms. The van der Waals surface area contributed by atoms with Gasteiger partial charge in [-0.15, -0.1) is 0 Å². The average Bonchev–Trinajstić information content (AvgIpc) is 2.97. The Hall–Kier alpha value is -0.240. The van der Waals surface area contributed by atoms with Crippen molar-refractivity contribution in [3.8, 4) is 0 Å². The first-order chi connectivity index (χ1) is 6.60. The highest BCUT2D eigenvalue weighted by Crippen LogP contribution is 2.97. The van der Waals surface area contributed by atoms with E-state index < -0.39 is 36.3 Å². The van der Waals surface area contributed by atoms with Crippen molar-refractivity contribution in [2.75, 3.05) is 6.61 Å². The number of epoxide rings is 3. The molecule has 0 radical (unpaired) electrons. The summed E-state index contributed by atoms with van der Waals surface area (Å²) >= 11 is 0. The number of hydrogen-bond donors (Lipinski definition) is 4. The maximum absolute atomic E-state index is 10.1. The minimum Gasteiger partial charge on any atom is -0.394 e. The summed E-state index contributed by atoms with van der Waals surface area (Å²) in [4.78, 5) is 0. The van der Waals surface area contributed by atoms with Crippen LogP contribution in [0.4, 0.5) is 0 Å². The third kappa shape index (κ3) is 0.508. The lowest BCUT2D eigenvalue weighted by Gasteiger charge is -2.18. The van der Waals surface area contributed by atoms with E-state index in [0.29, 0.717) is 0 Å². The van der Waals surface area contributed by atoms with Crippen molar-refractivity contribution in [1.82, 2.24) is 0 Å². The smallest absolute Gasteiger partial charge is 0.384 e. The summed E-state index contributed by atoms with van der Waals surface area (Å²) in [6, 6.07) is 0. The SMILES string of the molecule is OC[C@H]1O[C@@](O)(C23[C@@H]4[C@H]2[O+]43)[C@@H](O)[C@@H]1O. The van der Waals surface area contributed by atoms with Crippen molar-refractivity contribution in [1.29, 1.82) is 0 Å². The zero-order chi connectivity index (χ0) is 9.88. The molecule has 0 aromatic carbocycles. The van der Waals surface area contributed by atoms with Crippen molar-refractivity contribution >= 4 is 0 Å². The predicted molar refractivity (Wildman–Crippen MR) is 40.3 cm³/mol. The maximum atomic E-state index is 10.1. The molecule has 5 aliphatic rings. The molecule has 1 aliphatic carbocycles. The third-order valence-electron chi connectivity index (χ3n) is 3.93. The summed E-state index contributed by atoms with van der Waals surface area (Å²) in [7, 11) is 0. The Morgan fingerprint density at radius 3 is 2.21 bits per heavy atom. The van der Waals surface area contributed by atoms with Gasteiger partial charge in [-0.05, 0) is 0 Å². The zero-order valence-electron chi connectivity index (χ0n) is 7.20. The van der Waals surface area contributed by atoms with Gasteiger partial charge in [0.1, 0.15) is 18.3 Å². The molecule has 78 valence electrons. The molecular formula is C8H11O6+. The second kappa shape index (κ2) is 1.75. The van der Waals surface area contributed by atoms with Gasteiger partial charge in [-0.25, -0.2) is 0 Å². The molecular weight excluding hydrogens is 192 g/mol. The fraction of sp³-hybridized carbons (Fsp3) is 1.00. The van der Waals surface area contributed by atoms with Crippen molar-refractivity contribution in [3.63, 3.8) is 0 Å². The summed E-state index contributed by atoms with van der Waals surface area (Å²) in [5, 5.41) is 38.1. The highest BCUT2D eigenvalue weighted by molar-refractivity contribution is 5.59. The lowest BCUT2D eigenvalue weighted by atomic mass is 10.0. The van der Waals surface area contributed by atoms with E-state index in [4.69, 9.17) is 9.84 Å². The van der Waals surface area contributed by atoms with Crippen LogP contribution in [-0.2, 0) is 9.10 Å². The molecule has 5 fully saturated rings. The lowest BCUT2D eigenvalue weighted by molar-refractivity contribution is -0.241. The predicted octanol–water partition coefficient (Wildman–Crippen LogP) is -3.14. The number of hydrogen-bond acceptors (Lipinski definition) is 5. The van der Waals surface area contributed by atoms with Crippen LogP contribution >= 0.6 is 0 Å². The van der Waals surface area contributed by atoms with Crippen LogP contribution in [0.3, 0.4) is 0 Å². The van der Waals surface area contributed by atoms with Crippen LogP contribution in [0.1, 0.15) is 0 Å². The number of aliphatic hydroxyl groups excluding tert-OH is 3. The summed E-state index contributed by atoms with van der Waals surface area (Å²) < 4.78 is 7.92. The van der Waals surface area contributed by atoms with E-state index in [-0.39, 0.29) is 12.2 Å². The molecule has 1 saturated carbocycles. The van der Waals surface area contributed by atoms with Crippen LogP contribution in [0.25, 0.3) is 0 Å². The Morgan fingerprint density at radius 1 is 1.29 bits per heavy atom. The zero-order valence-corrected chi connectivity index (χ0v) is 7.20. The van der Waals surface area contributed by atoms with E-state index in [1.165, 1.54) is 0 Å². The quantitative estimate of drug-likeness (QED) is 0.281. The van der Waals surface area contributed by atoms with Crippen LogP contribution in [0.2, 0.25) is 0 Å². The van der Waals surface area contributed by atoms with Gasteiger partial charge in [-0.1, -0.05) is 0 Å². The van der Waals surface area contributed by atoms with Gasteiger partial charge >= 0.3 is 17.8 Å². The monoisotopic (exact) mass is 203 g/mol. The normalized spacial score (nSPS) is 73.3. The van der Waals surface area contributed by atoms with Gasteiger partial charge in [-0.2, -0.15) is 0 Å². The molecule has 14 heavy (non-hydrogen) atoms. The van der Waals surface area contributed by atoms with Crippen molar-refractivity contribution in [2.45, 2.75) is 41.9 Å². The fourth-order valence-corrected chi connectivity index (χ4v) is 2.78. The standard InChI is InChI=1S/C8H11O6/c9-1-2-3(10)4(11)8(12,13-2)7-5-6(7)14(5)7/h2-6,9-12H,1H2/q+1/t2-,3-,4+,5-,6+,7?,8-/m1/s1. The van der Waals surface area contributed by atoms with Crippen LogP contribution < -0.4 is 0 Å². The molecule has 0 amide bonds. The van der Waals surface area contributed by atoms with E-state index in [1.807, 2.05) is 0 Å². The van der Waals surface area contributed by atoms with Crippen molar-refractivity contribution in [2.24, 2.45) is 0 Å². The molecule has 0 spiro atoms. The molecule has 0 aromatic rings. The van der Waals surface area contributed by atoms with E-state index >= 15 is 0 Å². The van der Waals surface area contributed by atoms with Crippen LogP contribution in [0, 0.1) is 0 Å². The first kappa shape index (κ1) is 7.98. The number of aliphatic hydroxyl groups is 4. The van der Waals surface area contributed by atoms with Crippen LogP contribution in [0.15, 0.2) is 0 Å². The average molecular weight is 203 g/mol. The van der Waals surface area contributed by atoms with E-state index in [2.05, 4.69) is 4.37 Å². The molecule has 4 N–H and O–H groups in total. The second-order valence-electron chi connectivity index (χ2n) is 4.48. The molecule has 4 heterocycles. The highest BCUT2D eigenvalue weighted by atomic mass is 17.0. The summed E-state index contributed by atoms with van der Waals surface area (Å²) in [6.45, 7) is -0.406. The van der Waals surface area contributed by atoms with Crippen molar-refractivity contribution in [3.05, 3.63) is 0 Å². The number of ether oxygens (including phenoxy) is 1. The van der Waals surface area contributed by atoms with Gasteiger partial charge in [0.25, 0.3) is 5.79 Å². The van der Waals surface area contributed by atoms with E-state index in [1.54, 1.807) is 0 Å². The first-order valence-electron chi connectivity index (χ1n) is 4.70. The molecule has 4 aliphatic heterocycles. The van der Waals surface area contributed by atoms with Gasteiger partial charge in [-0.3, -0.25) is 0 Å². The molecule has 6 nitrogen and oxygen atoms in total. The van der Waals surface area contributed by atoms with Gasteiger partial charge in [0.2, 0.25) is 0 Å². The van der Waals surface area contributed by atoms with E-state index in [9.17, 15) is 15.3 Å².